The van der Waals surface area contributed by atoms with E-state index in [1.165, 1.54) is 16.2 Å². The first-order valence-electron chi connectivity index (χ1n) is 5.05. The molecule has 1 aliphatic carbocycles. The molecule has 1 N–H and O–H groups in total. The summed E-state index contributed by atoms with van der Waals surface area (Å²) in [6.45, 7) is 1.91. The van der Waals surface area contributed by atoms with Crippen LogP contribution in [0.25, 0.3) is 0 Å². The number of carboxylic acid groups (broad SMARTS) is 1. The van der Waals surface area contributed by atoms with E-state index < -0.39 is 11.4 Å². The number of nitrogens with zero attached hydrogens (tertiary/aromatic N) is 1. The Kier molecular flexibility index (Phi) is 2.50. The number of hydrogen-bond donors (Lipinski definition) is 1. The van der Waals surface area contributed by atoms with Crippen LogP contribution in [0.1, 0.15) is 18.4 Å². The molecule has 0 spiro atoms. The van der Waals surface area contributed by atoms with Crippen molar-refractivity contribution in [1.82, 2.24) is 0 Å². The third-order valence-electron chi connectivity index (χ3n) is 3.01. The van der Waals surface area contributed by atoms with Crippen molar-refractivity contribution in [3.63, 3.8) is 0 Å². The molecule has 1 heterocycles. The topological polar surface area (TPSA) is 57.6 Å². The third kappa shape index (κ3) is 1.51. The lowest BCUT2D eigenvalue weighted by molar-refractivity contribution is -0.148. The van der Waals surface area contributed by atoms with E-state index in [0.29, 0.717) is 12.8 Å². The van der Waals surface area contributed by atoms with Crippen LogP contribution < -0.4 is 4.90 Å². The predicted molar refractivity (Wildman–Crippen MR) is 61.8 cm³/mol. The lowest BCUT2D eigenvalue weighted by Gasteiger charge is -2.20. The molecule has 0 radical (unpaired) electrons. The van der Waals surface area contributed by atoms with Gasteiger partial charge in [-0.2, -0.15) is 0 Å². The summed E-state index contributed by atoms with van der Waals surface area (Å²) >= 11 is 1.45. The molecule has 0 aliphatic heterocycles. The van der Waals surface area contributed by atoms with Gasteiger partial charge in [-0.3, -0.25) is 9.59 Å². The lowest BCUT2D eigenvalue weighted by atomic mass is 10.1. The SMILES string of the molecule is Cc1ccsc1N(C)C(=O)C1(C(=O)O)CC1. The van der Waals surface area contributed by atoms with E-state index in [0.717, 1.165) is 10.6 Å². The van der Waals surface area contributed by atoms with Crippen LogP contribution in [0, 0.1) is 12.3 Å². The molecule has 16 heavy (non-hydrogen) atoms. The Morgan fingerprint density at radius 3 is 2.50 bits per heavy atom. The van der Waals surface area contributed by atoms with Crippen molar-refractivity contribution in [2.75, 3.05) is 11.9 Å². The van der Waals surface area contributed by atoms with Crippen molar-refractivity contribution in [2.24, 2.45) is 5.41 Å². The third-order valence-corrected chi connectivity index (χ3v) is 4.10. The van der Waals surface area contributed by atoms with E-state index in [1.807, 2.05) is 18.4 Å². The van der Waals surface area contributed by atoms with Gasteiger partial charge in [0.25, 0.3) is 0 Å². The van der Waals surface area contributed by atoms with Gasteiger partial charge in [0.15, 0.2) is 0 Å². The summed E-state index contributed by atoms with van der Waals surface area (Å²) in [6.07, 6.45) is 0.909. The smallest absolute Gasteiger partial charge is 0.319 e. The number of hydrogen-bond acceptors (Lipinski definition) is 3. The first-order chi connectivity index (χ1) is 7.49. The number of aryl methyl sites for hydroxylation is 1. The van der Waals surface area contributed by atoms with Crippen LogP contribution in [-0.4, -0.2) is 24.0 Å². The number of carbonyl (C=O) groups is 2. The van der Waals surface area contributed by atoms with E-state index in [2.05, 4.69) is 0 Å². The van der Waals surface area contributed by atoms with Crippen LogP contribution in [0.2, 0.25) is 0 Å². The number of carbonyl (C=O) groups excluding carboxylic acids is 1. The maximum absolute atomic E-state index is 12.1. The van der Waals surface area contributed by atoms with E-state index in [4.69, 9.17) is 5.11 Å². The quantitative estimate of drug-likeness (QED) is 0.819. The van der Waals surface area contributed by atoms with Gasteiger partial charge in [-0.15, -0.1) is 11.3 Å². The highest BCUT2D eigenvalue weighted by Crippen LogP contribution is 2.48. The summed E-state index contributed by atoms with van der Waals surface area (Å²) in [5.74, 6) is -1.30. The molecule has 5 heteroatoms. The number of amides is 1. The molecule has 0 bridgehead atoms. The molecule has 0 aromatic carbocycles. The van der Waals surface area contributed by atoms with Gasteiger partial charge in [0, 0.05) is 7.05 Å². The second-order valence-electron chi connectivity index (χ2n) is 4.16. The minimum atomic E-state index is -1.15. The molecule has 1 aromatic rings. The van der Waals surface area contributed by atoms with E-state index in [9.17, 15) is 9.59 Å². The first kappa shape index (κ1) is 11.1. The zero-order chi connectivity index (χ0) is 11.9. The Labute approximate surface area is 97.5 Å². The average molecular weight is 239 g/mol. The Bertz CT molecular complexity index is 448. The summed E-state index contributed by atoms with van der Waals surface area (Å²) < 4.78 is 0. The van der Waals surface area contributed by atoms with Crippen LogP contribution in [0.4, 0.5) is 5.00 Å². The molecule has 1 aliphatic rings. The largest absolute Gasteiger partial charge is 0.480 e. The molecule has 0 saturated heterocycles. The number of aliphatic carboxylic acids is 1. The van der Waals surface area contributed by atoms with Crippen LogP contribution in [0.15, 0.2) is 11.4 Å². The molecule has 1 saturated carbocycles. The van der Waals surface area contributed by atoms with E-state index >= 15 is 0 Å². The van der Waals surface area contributed by atoms with Crippen LogP contribution in [-0.2, 0) is 9.59 Å². The van der Waals surface area contributed by atoms with Gasteiger partial charge in [-0.05, 0) is 36.8 Å². The van der Waals surface area contributed by atoms with Crippen molar-refractivity contribution in [1.29, 1.82) is 0 Å². The molecule has 0 unspecified atom stereocenters. The second-order valence-corrected chi connectivity index (χ2v) is 5.05. The summed E-state index contributed by atoms with van der Waals surface area (Å²) in [5.41, 5.74) is -0.146. The maximum Gasteiger partial charge on any atom is 0.319 e. The Morgan fingerprint density at radius 1 is 1.50 bits per heavy atom. The fraction of sp³-hybridized carbons (Fsp3) is 0.455. The Balaban J connectivity index is 2.24. The minimum absolute atomic E-state index is 0.300. The zero-order valence-corrected chi connectivity index (χ0v) is 10.0. The van der Waals surface area contributed by atoms with Crippen molar-refractivity contribution in [3.8, 4) is 0 Å². The van der Waals surface area contributed by atoms with Crippen molar-refractivity contribution < 1.29 is 14.7 Å². The average Bonchev–Trinajstić information content (AvgIpc) is 2.95. The molecule has 1 fully saturated rings. The number of rotatable bonds is 3. The van der Waals surface area contributed by atoms with Gasteiger partial charge in [0.05, 0.1) is 0 Å². The van der Waals surface area contributed by atoms with Crippen LogP contribution in [0.5, 0.6) is 0 Å². The van der Waals surface area contributed by atoms with E-state index in [1.54, 1.807) is 7.05 Å². The van der Waals surface area contributed by atoms with Crippen LogP contribution in [0.3, 0.4) is 0 Å². The standard InChI is InChI=1S/C11H13NO3S/c1-7-3-6-16-8(7)12(2)9(13)11(4-5-11)10(14)15/h3,6H,4-5H2,1-2H3,(H,14,15). The van der Waals surface area contributed by atoms with Crippen LogP contribution >= 0.6 is 11.3 Å². The first-order valence-corrected chi connectivity index (χ1v) is 5.92. The summed E-state index contributed by atoms with van der Waals surface area (Å²) in [7, 11) is 1.64. The minimum Gasteiger partial charge on any atom is -0.480 e. The van der Waals surface area contributed by atoms with E-state index in [-0.39, 0.29) is 5.91 Å². The van der Waals surface area contributed by atoms with Gasteiger partial charge in [0.1, 0.15) is 10.4 Å². The predicted octanol–water partition coefficient (Wildman–Crippen LogP) is 1.88. The lowest BCUT2D eigenvalue weighted by Crippen LogP contribution is -2.38. The molecule has 4 nitrogen and oxygen atoms in total. The summed E-state index contributed by atoms with van der Waals surface area (Å²) in [5, 5.41) is 11.8. The summed E-state index contributed by atoms with van der Waals surface area (Å²) in [6, 6.07) is 1.92. The Morgan fingerprint density at radius 2 is 2.12 bits per heavy atom. The fourth-order valence-electron chi connectivity index (χ4n) is 1.77. The highest BCUT2D eigenvalue weighted by atomic mass is 32.1. The van der Waals surface area contributed by atoms with Gasteiger partial charge >= 0.3 is 5.97 Å². The van der Waals surface area contributed by atoms with Gasteiger partial charge in [-0.1, -0.05) is 0 Å². The molecular formula is C11H13NO3S. The molecule has 2 rings (SSSR count). The number of carboxylic acids is 1. The normalized spacial score (nSPS) is 16.9. The number of anilines is 1. The Hall–Kier alpha value is -1.36. The molecular weight excluding hydrogens is 226 g/mol. The van der Waals surface area contributed by atoms with Crippen molar-refractivity contribution in [3.05, 3.63) is 17.0 Å². The van der Waals surface area contributed by atoms with Crippen molar-refractivity contribution in [2.45, 2.75) is 19.8 Å². The molecule has 0 atom stereocenters. The van der Waals surface area contributed by atoms with Gasteiger partial charge in [0.2, 0.25) is 5.91 Å². The second kappa shape index (κ2) is 3.59. The highest BCUT2D eigenvalue weighted by molar-refractivity contribution is 7.14. The molecule has 86 valence electrons. The van der Waals surface area contributed by atoms with Crippen molar-refractivity contribution >= 4 is 28.2 Å². The fourth-order valence-corrected chi connectivity index (χ4v) is 2.66. The van der Waals surface area contributed by atoms with Gasteiger partial charge < -0.3 is 10.0 Å². The molecule has 1 amide bonds. The monoisotopic (exact) mass is 239 g/mol. The summed E-state index contributed by atoms with van der Waals surface area (Å²) in [4.78, 5) is 24.6. The maximum atomic E-state index is 12.1. The molecule has 1 aromatic heterocycles. The van der Waals surface area contributed by atoms with Gasteiger partial charge in [-0.25, -0.2) is 0 Å². The zero-order valence-electron chi connectivity index (χ0n) is 9.19. The number of thiophene rings is 1. The highest BCUT2D eigenvalue weighted by Gasteiger charge is 2.58.